The SMILES string of the molecule is CCCNC(=O)CCNC(=O)C1(C#N)CCCC1. The van der Waals surface area contributed by atoms with Crippen molar-refractivity contribution < 1.29 is 9.59 Å². The number of hydrogen-bond acceptors (Lipinski definition) is 3. The summed E-state index contributed by atoms with van der Waals surface area (Å²) < 4.78 is 0. The fraction of sp³-hybridized carbons (Fsp3) is 0.769. The van der Waals surface area contributed by atoms with E-state index in [0.717, 1.165) is 19.3 Å². The van der Waals surface area contributed by atoms with Crippen LogP contribution in [-0.2, 0) is 9.59 Å². The second-order valence-corrected chi connectivity index (χ2v) is 4.76. The number of nitrogens with zero attached hydrogens (tertiary/aromatic N) is 1. The molecule has 0 heterocycles. The van der Waals surface area contributed by atoms with Crippen molar-refractivity contribution in [3.8, 4) is 6.07 Å². The summed E-state index contributed by atoms with van der Waals surface area (Å²) in [5.74, 6) is -0.277. The van der Waals surface area contributed by atoms with E-state index < -0.39 is 5.41 Å². The molecule has 0 radical (unpaired) electrons. The quantitative estimate of drug-likeness (QED) is 0.741. The van der Waals surface area contributed by atoms with Gasteiger partial charge in [0.15, 0.2) is 0 Å². The summed E-state index contributed by atoms with van der Waals surface area (Å²) in [4.78, 5) is 23.3. The van der Waals surface area contributed by atoms with Gasteiger partial charge in [0, 0.05) is 19.5 Å². The lowest BCUT2D eigenvalue weighted by atomic mass is 9.87. The highest BCUT2D eigenvalue weighted by Crippen LogP contribution is 2.37. The van der Waals surface area contributed by atoms with Crippen molar-refractivity contribution in [3.63, 3.8) is 0 Å². The maximum Gasteiger partial charge on any atom is 0.240 e. The molecule has 0 aromatic carbocycles. The van der Waals surface area contributed by atoms with Crippen LogP contribution in [0.5, 0.6) is 0 Å². The smallest absolute Gasteiger partial charge is 0.240 e. The normalized spacial score (nSPS) is 16.9. The number of rotatable bonds is 6. The van der Waals surface area contributed by atoms with E-state index in [2.05, 4.69) is 16.7 Å². The Bertz CT molecular complexity index is 341. The second kappa shape index (κ2) is 7.00. The maximum atomic E-state index is 11.9. The number of nitrogens with one attached hydrogen (secondary N) is 2. The zero-order chi connectivity index (χ0) is 13.4. The van der Waals surface area contributed by atoms with E-state index in [4.69, 9.17) is 5.26 Å². The van der Waals surface area contributed by atoms with Crippen LogP contribution in [0.25, 0.3) is 0 Å². The molecule has 0 aromatic rings. The van der Waals surface area contributed by atoms with Crippen molar-refractivity contribution in [2.75, 3.05) is 13.1 Å². The third kappa shape index (κ3) is 3.73. The molecule has 1 aliphatic carbocycles. The number of carbonyl (C=O) groups is 2. The molecule has 1 fully saturated rings. The first kappa shape index (κ1) is 14.5. The fourth-order valence-electron chi connectivity index (χ4n) is 2.18. The van der Waals surface area contributed by atoms with Crippen molar-refractivity contribution in [2.45, 2.75) is 45.4 Å². The molecule has 5 nitrogen and oxygen atoms in total. The molecule has 18 heavy (non-hydrogen) atoms. The lowest BCUT2D eigenvalue weighted by molar-refractivity contribution is -0.128. The number of hydrogen-bond donors (Lipinski definition) is 2. The van der Waals surface area contributed by atoms with Crippen LogP contribution in [0, 0.1) is 16.7 Å². The van der Waals surface area contributed by atoms with E-state index in [9.17, 15) is 9.59 Å². The molecule has 0 unspecified atom stereocenters. The molecule has 2 amide bonds. The molecule has 1 rings (SSSR count). The van der Waals surface area contributed by atoms with Gasteiger partial charge in [0.05, 0.1) is 6.07 Å². The summed E-state index contributed by atoms with van der Waals surface area (Å²) >= 11 is 0. The third-order valence-electron chi connectivity index (χ3n) is 3.32. The van der Waals surface area contributed by atoms with E-state index >= 15 is 0 Å². The molecule has 0 aliphatic heterocycles. The lowest BCUT2D eigenvalue weighted by Crippen LogP contribution is -2.40. The van der Waals surface area contributed by atoms with Crippen molar-refractivity contribution in [1.29, 1.82) is 5.26 Å². The molecule has 0 atom stereocenters. The molecule has 0 spiro atoms. The van der Waals surface area contributed by atoms with Crippen molar-refractivity contribution >= 4 is 11.8 Å². The summed E-state index contributed by atoms with van der Waals surface area (Å²) in [6, 6.07) is 2.14. The predicted octanol–water partition coefficient (Wildman–Crippen LogP) is 1.10. The Balaban J connectivity index is 2.29. The van der Waals surface area contributed by atoms with Gasteiger partial charge in [-0.05, 0) is 19.3 Å². The minimum absolute atomic E-state index is 0.0606. The van der Waals surface area contributed by atoms with Gasteiger partial charge < -0.3 is 10.6 Å². The van der Waals surface area contributed by atoms with Crippen molar-refractivity contribution in [3.05, 3.63) is 0 Å². The maximum absolute atomic E-state index is 11.9. The molecule has 5 heteroatoms. The van der Waals surface area contributed by atoms with E-state index in [1.165, 1.54) is 0 Å². The fourth-order valence-corrected chi connectivity index (χ4v) is 2.18. The Morgan fingerprint density at radius 2 is 1.89 bits per heavy atom. The zero-order valence-corrected chi connectivity index (χ0v) is 10.9. The van der Waals surface area contributed by atoms with Gasteiger partial charge in [-0.3, -0.25) is 9.59 Å². The average Bonchev–Trinajstić information content (AvgIpc) is 2.86. The van der Waals surface area contributed by atoms with E-state index in [1.54, 1.807) is 0 Å². The molecule has 0 bridgehead atoms. The van der Waals surface area contributed by atoms with Gasteiger partial charge in [-0.2, -0.15) is 5.26 Å². The van der Waals surface area contributed by atoms with Gasteiger partial charge in [-0.15, -0.1) is 0 Å². The highest BCUT2D eigenvalue weighted by Gasteiger charge is 2.41. The van der Waals surface area contributed by atoms with E-state index in [-0.39, 0.29) is 18.2 Å². The summed E-state index contributed by atoms with van der Waals surface area (Å²) in [7, 11) is 0. The van der Waals surface area contributed by atoms with E-state index in [1.807, 2.05) is 6.92 Å². The molecular weight excluding hydrogens is 230 g/mol. The Morgan fingerprint density at radius 3 is 2.44 bits per heavy atom. The highest BCUT2D eigenvalue weighted by atomic mass is 16.2. The minimum atomic E-state index is -0.847. The molecule has 1 saturated carbocycles. The Kier molecular flexibility index (Phi) is 5.63. The summed E-state index contributed by atoms with van der Waals surface area (Å²) in [5, 5.41) is 14.6. The molecule has 0 saturated heterocycles. The monoisotopic (exact) mass is 251 g/mol. The Hall–Kier alpha value is -1.57. The van der Waals surface area contributed by atoms with Crippen LogP contribution in [0.4, 0.5) is 0 Å². The van der Waals surface area contributed by atoms with Crippen LogP contribution < -0.4 is 10.6 Å². The molecular formula is C13H21N3O2. The summed E-state index contributed by atoms with van der Waals surface area (Å²) in [5.41, 5.74) is -0.847. The number of amides is 2. The minimum Gasteiger partial charge on any atom is -0.356 e. The summed E-state index contributed by atoms with van der Waals surface area (Å²) in [6.45, 7) is 2.95. The topological polar surface area (TPSA) is 82.0 Å². The highest BCUT2D eigenvalue weighted by molar-refractivity contribution is 5.86. The standard InChI is InChI=1S/C13H21N3O2/c1-2-8-15-11(17)5-9-16-12(18)13(10-14)6-3-4-7-13/h2-9H2,1H3,(H,15,17)(H,16,18). The van der Waals surface area contributed by atoms with Crippen LogP contribution in [0.15, 0.2) is 0 Å². The Morgan fingerprint density at radius 1 is 1.22 bits per heavy atom. The van der Waals surface area contributed by atoms with Crippen molar-refractivity contribution in [1.82, 2.24) is 10.6 Å². The molecule has 2 N–H and O–H groups in total. The van der Waals surface area contributed by atoms with Crippen LogP contribution >= 0.6 is 0 Å². The van der Waals surface area contributed by atoms with Gasteiger partial charge in [0.25, 0.3) is 0 Å². The zero-order valence-electron chi connectivity index (χ0n) is 10.9. The lowest BCUT2D eigenvalue weighted by Gasteiger charge is -2.18. The van der Waals surface area contributed by atoms with Crippen LogP contribution in [0.2, 0.25) is 0 Å². The first-order valence-corrected chi connectivity index (χ1v) is 6.61. The average molecular weight is 251 g/mol. The molecule has 1 aliphatic rings. The predicted molar refractivity (Wildman–Crippen MR) is 67.4 cm³/mol. The second-order valence-electron chi connectivity index (χ2n) is 4.76. The summed E-state index contributed by atoms with van der Waals surface area (Å²) in [6.07, 6.45) is 4.30. The van der Waals surface area contributed by atoms with Crippen molar-refractivity contribution in [2.24, 2.45) is 5.41 Å². The number of carbonyl (C=O) groups excluding carboxylic acids is 2. The van der Waals surface area contributed by atoms with Gasteiger partial charge in [-0.25, -0.2) is 0 Å². The van der Waals surface area contributed by atoms with Gasteiger partial charge >= 0.3 is 0 Å². The Labute approximate surface area is 108 Å². The van der Waals surface area contributed by atoms with Crippen LogP contribution in [-0.4, -0.2) is 24.9 Å². The third-order valence-corrected chi connectivity index (χ3v) is 3.32. The first-order valence-electron chi connectivity index (χ1n) is 6.61. The largest absolute Gasteiger partial charge is 0.356 e. The van der Waals surface area contributed by atoms with Crippen LogP contribution in [0.1, 0.15) is 45.4 Å². The first-order chi connectivity index (χ1) is 8.64. The van der Waals surface area contributed by atoms with Gasteiger partial charge in [0.2, 0.25) is 11.8 Å². The molecule has 0 aromatic heterocycles. The van der Waals surface area contributed by atoms with Gasteiger partial charge in [-0.1, -0.05) is 19.8 Å². The van der Waals surface area contributed by atoms with E-state index in [0.29, 0.717) is 25.9 Å². The molecule has 100 valence electrons. The van der Waals surface area contributed by atoms with Crippen LogP contribution in [0.3, 0.4) is 0 Å². The van der Waals surface area contributed by atoms with Gasteiger partial charge in [0.1, 0.15) is 5.41 Å². The number of nitriles is 1.